The van der Waals surface area contributed by atoms with Gasteiger partial charge in [-0.1, -0.05) is 40.2 Å². The van der Waals surface area contributed by atoms with Gasteiger partial charge in [0.1, 0.15) is 10.6 Å². The van der Waals surface area contributed by atoms with Crippen molar-refractivity contribution >= 4 is 49.0 Å². The molecule has 0 amide bonds. The number of pyridine rings is 1. The average Bonchev–Trinajstić information content (AvgIpc) is 3.07. The molecular formula is C23H19BrN2O2S. The summed E-state index contributed by atoms with van der Waals surface area (Å²) in [6, 6.07) is 17.6. The number of ether oxygens (including phenoxy) is 1. The Kier molecular flexibility index (Phi) is 5.39. The molecule has 0 saturated heterocycles. The molecule has 6 heteroatoms. The third-order valence-electron chi connectivity index (χ3n) is 4.81. The Balaban J connectivity index is 1.67. The molecule has 0 spiro atoms. The molecule has 0 saturated carbocycles. The molecule has 0 aliphatic carbocycles. The number of rotatable bonds is 5. The lowest BCUT2D eigenvalue weighted by Crippen LogP contribution is -2.04. The van der Waals surface area contributed by atoms with Gasteiger partial charge in [0.2, 0.25) is 0 Å². The van der Waals surface area contributed by atoms with Gasteiger partial charge in [-0.15, -0.1) is 11.3 Å². The lowest BCUT2D eigenvalue weighted by molar-refractivity contribution is 0.0997. The molecule has 0 fully saturated rings. The summed E-state index contributed by atoms with van der Waals surface area (Å²) in [7, 11) is 1.64. The van der Waals surface area contributed by atoms with Crippen LogP contribution in [0.4, 0.5) is 5.69 Å². The van der Waals surface area contributed by atoms with E-state index in [0.29, 0.717) is 17.0 Å². The molecule has 0 aliphatic heterocycles. The number of fused-ring (bicyclic) bond motifs is 1. The molecule has 29 heavy (non-hydrogen) atoms. The quantitative estimate of drug-likeness (QED) is 0.363. The summed E-state index contributed by atoms with van der Waals surface area (Å²) in [5.74, 6) is 0.777. The number of halogens is 1. The fourth-order valence-electron chi connectivity index (χ4n) is 3.16. The van der Waals surface area contributed by atoms with Gasteiger partial charge in [-0.25, -0.2) is 4.98 Å². The van der Waals surface area contributed by atoms with Gasteiger partial charge < -0.3 is 10.5 Å². The molecule has 0 radical (unpaired) electrons. The van der Waals surface area contributed by atoms with Gasteiger partial charge in [-0.2, -0.15) is 0 Å². The van der Waals surface area contributed by atoms with Crippen LogP contribution in [0.25, 0.3) is 21.5 Å². The first-order valence-corrected chi connectivity index (χ1v) is 10.7. The second kappa shape index (κ2) is 7.97. The van der Waals surface area contributed by atoms with E-state index in [0.717, 1.165) is 42.8 Å². The number of aromatic nitrogens is 1. The van der Waals surface area contributed by atoms with Gasteiger partial charge in [0.05, 0.1) is 23.4 Å². The number of thiophene rings is 1. The van der Waals surface area contributed by atoms with Crippen molar-refractivity contribution in [1.29, 1.82) is 0 Å². The maximum atomic E-state index is 12.9. The second-order valence-corrected chi connectivity index (χ2v) is 8.66. The Labute approximate surface area is 181 Å². The van der Waals surface area contributed by atoms with Crippen LogP contribution in [-0.2, 0) is 6.42 Å². The Bertz CT molecular complexity index is 1230. The van der Waals surface area contributed by atoms with E-state index in [1.54, 1.807) is 7.11 Å². The smallest absolute Gasteiger partial charge is 0.179 e. The van der Waals surface area contributed by atoms with Crippen molar-refractivity contribution in [2.24, 2.45) is 0 Å². The SMILES string of the molecule is COc1cccc(-c2ccc3c(N)c(C(=O)Cc4ccc(C)c(Br)c4)sc3n2)c1. The summed E-state index contributed by atoms with van der Waals surface area (Å²) in [6.45, 7) is 2.02. The monoisotopic (exact) mass is 466 g/mol. The molecule has 4 nitrogen and oxygen atoms in total. The molecule has 0 atom stereocenters. The zero-order valence-corrected chi connectivity index (χ0v) is 18.4. The molecular weight excluding hydrogens is 448 g/mol. The second-order valence-electron chi connectivity index (χ2n) is 6.81. The molecule has 146 valence electrons. The first-order valence-electron chi connectivity index (χ1n) is 9.08. The number of nitrogens with zero attached hydrogens (tertiary/aromatic N) is 1. The van der Waals surface area contributed by atoms with Crippen molar-refractivity contribution in [2.75, 3.05) is 12.8 Å². The van der Waals surface area contributed by atoms with Crippen LogP contribution < -0.4 is 10.5 Å². The summed E-state index contributed by atoms with van der Waals surface area (Å²) >= 11 is 4.87. The van der Waals surface area contributed by atoms with E-state index in [9.17, 15) is 4.79 Å². The van der Waals surface area contributed by atoms with Crippen LogP contribution in [0.1, 0.15) is 20.8 Å². The highest BCUT2D eigenvalue weighted by Gasteiger charge is 2.18. The number of nitrogen functional groups attached to an aromatic ring is 1. The normalized spacial score (nSPS) is 11.0. The Morgan fingerprint density at radius 2 is 2.00 bits per heavy atom. The Morgan fingerprint density at radius 1 is 1.17 bits per heavy atom. The number of hydrogen-bond acceptors (Lipinski definition) is 5. The first kappa shape index (κ1) is 19.6. The van der Waals surface area contributed by atoms with E-state index < -0.39 is 0 Å². The van der Waals surface area contributed by atoms with E-state index in [2.05, 4.69) is 15.9 Å². The van der Waals surface area contributed by atoms with Gasteiger partial charge in [-0.3, -0.25) is 4.79 Å². The standard InChI is InChI=1S/C23H19BrN2O2S/c1-13-6-7-14(10-18(13)24)11-20(27)22-21(25)17-8-9-19(26-23(17)29-22)15-4-3-5-16(12-15)28-2/h3-10,12H,11,25H2,1-2H3. The molecule has 0 bridgehead atoms. The number of carbonyl (C=O) groups is 1. The molecule has 4 aromatic rings. The lowest BCUT2D eigenvalue weighted by Gasteiger charge is -2.04. The molecule has 2 aromatic carbocycles. The van der Waals surface area contributed by atoms with Crippen molar-refractivity contribution in [3.63, 3.8) is 0 Å². The van der Waals surface area contributed by atoms with Crippen LogP contribution in [0.5, 0.6) is 5.75 Å². The Morgan fingerprint density at radius 3 is 2.76 bits per heavy atom. The molecule has 0 aliphatic rings. The highest BCUT2D eigenvalue weighted by molar-refractivity contribution is 9.10. The van der Waals surface area contributed by atoms with Crippen LogP contribution in [0.3, 0.4) is 0 Å². The third kappa shape index (κ3) is 3.91. The fourth-order valence-corrected chi connectivity index (χ4v) is 4.62. The van der Waals surface area contributed by atoms with Gasteiger partial charge in [0, 0.05) is 21.8 Å². The lowest BCUT2D eigenvalue weighted by atomic mass is 10.1. The van der Waals surface area contributed by atoms with Crippen molar-refractivity contribution in [1.82, 2.24) is 4.98 Å². The number of carbonyl (C=O) groups excluding carboxylic acids is 1. The highest BCUT2D eigenvalue weighted by atomic mass is 79.9. The number of nitrogens with two attached hydrogens (primary N) is 1. The summed E-state index contributed by atoms with van der Waals surface area (Å²) in [5, 5.41) is 0.815. The van der Waals surface area contributed by atoms with Gasteiger partial charge in [0.25, 0.3) is 0 Å². The van der Waals surface area contributed by atoms with Gasteiger partial charge >= 0.3 is 0 Å². The molecule has 4 rings (SSSR count). The van der Waals surface area contributed by atoms with Crippen molar-refractivity contribution in [3.05, 3.63) is 75.1 Å². The predicted octanol–water partition coefficient (Wildman–Crippen LogP) is 6.05. The minimum Gasteiger partial charge on any atom is -0.497 e. The van der Waals surface area contributed by atoms with Crippen LogP contribution in [0.15, 0.2) is 59.1 Å². The maximum absolute atomic E-state index is 12.9. The summed E-state index contributed by atoms with van der Waals surface area (Å²) in [5.41, 5.74) is 10.7. The van der Waals surface area contributed by atoms with Crippen molar-refractivity contribution < 1.29 is 9.53 Å². The molecule has 2 heterocycles. The number of hydrogen-bond donors (Lipinski definition) is 1. The summed E-state index contributed by atoms with van der Waals surface area (Å²) in [6.07, 6.45) is 0.304. The fraction of sp³-hybridized carbons (Fsp3) is 0.130. The van der Waals surface area contributed by atoms with E-state index in [4.69, 9.17) is 15.5 Å². The molecule has 2 aromatic heterocycles. The van der Waals surface area contributed by atoms with Crippen molar-refractivity contribution in [2.45, 2.75) is 13.3 Å². The topological polar surface area (TPSA) is 65.2 Å². The van der Waals surface area contributed by atoms with E-state index in [1.807, 2.05) is 61.5 Å². The van der Waals surface area contributed by atoms with Crippen LogP contribution >= 0.6 is 27.3 Å². The van der Waals surface area contributed by atoms with Gasteiger partial charge in [-0.05, 0) is 48.4 Å². The summed E-state index contributed by atoms with van der Waals surface area (Å²) < 4.78 is 6.29. The van der Waals surface area contributed by atoms with E-state index >= 15 is 0 Å². The number of Topliss-reactive ketones (excluding diaryl/α,β-unsaturated/α-hetero) is 1. The number of methoxy groups -OCH3 is 1. The van der Waals surface area contributed by atoms with E-state index in [-0.39, 0.29) is 5.78 Å². The predicted molar refractivity (Wildman–Crippen MR) is 123 cm³/mol. The van der Waals surface area contributed by atoms with E-state index in [1.165, 1.54) is 11.3 Å². The largest absolute Gasteiger partial charge is 0.497 e. The minimum atomic E-state index is 0.00387. The number of ketones is 1. The number of anilines is 1. The first-order chi connectivity index (χ1) is 14.0. The molecule has 0 unspecified atom stereocenters. The zero-order valence-electron chi connectivity index (χ0n) is 16.0. The van der Waals surface area contributed by atoms with Crippen LogP contribution in [0, 0.1) is 6.92 Å². The number of benzene rings is 2. The molecule has 2 N–H and O–H groups in total. The third-order valence-corrected chi connectivity index (χ3v) is 6.82. The zero-order chi connectivity index (χ0) is 20.5. The van der Waals surface area contributed by atoms with Crippen molar-refractivity contribution in [3.8, 4) is 17.0 Å². The van der Waals surface area contributed by atoms with Gasteiger partial charge in [0.15, 0.2) is 5.78 Å². The maximum Gasteiger partial charge on any atom is 0.179 e. The highest BCUT2D eigenvalue weighted by Crippen LogP contribution is 2.35. The number of aryl methyl sites for hydroxylation is 1. The van der Waals surface area contributed by atoms with Crippen LogP contribution in [0.2, 0.25) is 0 Å². The van der Waals surface area contributed by atoms with Crippen LogP contribution in [-0.4, -0.2) is 17.9 Å². The summed E-state index contributed by atoms with van der Waals surface area (Å²) in [4.78, 5) is 19.0. The Hall–Kier alpha value is -2.70. The average molecular weight is 467 g/mol. The minimum absolute atomic E-state index is 0.00387.